The van der Waals surface area contributed by atoms with Gasteiger partial charge in [-0.25, -0.2) is 4.79 Å². The summed E-state index contributed by atoms with van der Waals surface area (Å²) in [5, 5.41) is 3.75. The molecular weight excluding hydrogens is 425 g/mol. The summed E-state index contributed by atoms with van der Waals surface area (Å²) in [6.45, 7) is 4.05. The second kappa shape index (κ2) is 9.09. The van der Waals surface area contributed by atoms with Gasteiger partial charge in [-0.1, -0.05) is 29.3 Å². The number of anilines is 1. The highest BCUT2D eigenvalue weighted by Gasteiger charge is 2.22. The van der Waals surface area contributed by atoms with Crippen molar-refractivity contribution in [3.05, 3.63) is 52.0 Å². The molecule has 1 fully saturated rings. The van der Waals surface area contributed by atoms with Crippen LogP contribution in [0.2, 0.25) is 10.0 Å². The summed E-state index contributed by atoms with van der Waals surface area (Å²) in [6, 6.07) is 10.9. The number of ether oxygens (including phenoxy) is 2. The predicted octanol–water partition coefficient (Wildman–Crippen LogP) is 4.49. The Bertz CT molecular complexity index is 858. The molecule has 0 saturated carbocycles. The van der Waals surface area contributed by atoms with E-state index in [2.05, 4.69) is 16.3 Å². The first-order chi connectivity index (χ1) is 13.1. The Hall–Kier alpha value is -1.86. The SMILES string of the molecule is Cl.O=C(Nc1ccc(Cl)c(Cl)c1)N1CCN(Cc2ccc3c(c2)OCO3)CC1. The third kappa shape index (κ3) is 4.75. The monoisotopic (exact) mass is 443 g/mol. The maximum absolute atomic E-state index is 12.4. The molecule has 1 N–H and O–H groups in total. The molecule has 0 atom stereocenters. The molecule has 0 unspecified atom stereocenters. The van der Waals surface area contributed by atoms with Gasteiger partial charge in [0.2, 0.25) is 6.79 Å². The van der Waals surface area contributed by atoms with Gasteiger partial charge in [0, 0.05) is 38.4 Å². The van der Waals surface area contributed by atoms with E-state index in [1.165, 1.54) is 5.56 Å². The highest BCUT2D eigenvalue weighted by molar-refractivity contribution is 6.42. The Morgan fingerprint density at radius 1 is 0.964 bits per heavy atom. The van der Waals surface area contributed by atoms with E-state index < -0.39 is 0 Å². The number of carbonyl (C=O) groups is 1. The predicted molar refractivity (Wildman–Crippen MR) is 112 cm³/mol. The summed E-state index contributed by atoms with van der Waals surface area (Å²) >= 11 is 11.9. The Morgan fingerprint density at radius 2 is 1.71 bits per heavy atom. The van der Waals surface area contributed by atoms with Crippen LogP contribution in [-0.4, -0.2) is 48.8 Å². The number of rotatable bonds is 3. The third-order valence-corrected chi connectivity index (χ3v) is 5.41. The molecule has 0 aromatic heterocycles. The summed E-state index contributed by atoms with van der Waals surface area (Å²) < 4.78 is 10.8. The fourth-order valence-electron chi connectivity index (χ4n) is 3.18. The average Bonchev–Trinajstić information content (AvgIpc) is 3.13. The Balaban J connectivity index is 0.00000225. The molecule has 2 aromatic carbocycles. The molecule has 0 spiro atoms. The van der Waals surface area contributed by atoms with Crippen molar-refractivity contribution in [3.8, 4) is 11.5 Å². The summed E-state index contributed by atoms with van der Waals surface area (Å²) in [5.41, 5.74) is 1.81. The van der Waals surface area contributed by atoms with Gasteiger partial charge in [-0.05, 0) is 35.9 Å². The van der Waals surface area contributed by atoms with Gasteiger partial charge in [0.05, 0.1) is 10.0 Å². The largest absolute Gasteiger partial charge is 0.454 e. The molecule has 2 aliphatic rings. The highest BCUT2D eigenvalue weighted by atomic mass is 35.5. The maximum atomic E-state index is 12.4. The van der Waals surface area contributed by atoms with Crippen molar-refractivity contribution >= 4 is 47.3 Å². The van der Waals surface area contributed by atoms with Gasteiger partial charge in [-0.15, -0.1) is 12.4 Å². The van der Waals surface area contributed by atoms with Crippen LogP contribution in [-0.2, 0) is 6.54 Å². The molecule has 4 rings (SSSR count). The van der Waals surface area contributed by atoms with Crippen LogP contribution in [0.15, 0.2) is 36.4 Å². The molecular formula is C19H20Cl3N3O3. The van der Waals surface area contributed by atoms with Crippen molar-refractivity contribution in [2.45, 2.75) is 6.54 Å². The minimum atomic E-state index is -0.129. The number of nitrogens with one attached hydrogen (secondary N) is 1. The van der Waals surface area contributed by atoms with Crippen molar-refractivity contribution in [3.63, 3.8) is 0 Å². The number of halogens is 3. The standard InChI is InChI=1S/C19H19Cl2N3O3.ClH/c20-15-3-2-14(10-16(15)21)22-19(25)24-7-5-23(6-8-24)11-13-1-4-17-18(9-13)27-12-26-17;/h1-4,9-10H,5-8,11-12H2,(H,22,25);1H. The summed E-state index contributed by atoms with van der Waals surface area (Å²) in [6.07, 6.45) is 0. The first-order valence-electron chi connectivity index (χ1n) is 8.70. The van der Waals surface area contributed by atoms with E-state index in [0.29, 0.717) is 28.8 Å². The highest BCUT2D eigenvalue weighted by Crippen LogP contribution is 2.33. The maximum Gasteiger partial charge on any atom is 0.321 e. The fourth-order valence-corrected chi connectivity index (χ4v) is 3.48. The van der Waals surface area contributed by atoms with E-state index in [0.717, 1.165) is 31.1 Å². The number of carbonyl (C=O) groups excluding carboxylic acids is 1. The molecule has 0 bridgehead atoms. The van der Waals surface area contributed by atoms with E-state index >= 15 is 0 Å². The Kier molecular flexibility index (Phi) is 6.78. The molecule has 28 heavy (non-hydrogen) atoms. The molecule has 2 aliphatic heterocycles. The van der Waals surface area contributed by atoms with Crippen LogP contribution in [0.5, 0.6) is 11.5 Å². The van der Waals surface area contributed by atoms with Crippen LogP contribution in [0.3, 0.4) is 0 Å². The topological polar surface area (TPSA) is 54.0 Å². The molecule has 1 saturated heterocycles. The molecule has 2 heterocycles. The zero-order chi connectivity index (χ0) is 18.8. The van der Waals surface area contributed by atoms with Crippen LogP contribution in [0, 0.1) is 0 Å². The Labute approximate surface area is 179 Å². The van der Waals surface area contributed by atoms with Crippen molar-refractivity contribution in [2.24, 2.45) is 0 Å². The van der Waals surface area contributed by atoms with Crippen LogP contribution in [0.4, 0.5) is 10.5 Å². The normalized spacial score (nSPS) is 15.9. The van der Waals surface area contributed by atoms with Crippen molar-refractivity contribution in [2.75, 3.05) is 38.3 Å². The van der Waals surface area contributed by atoms with Crippen LogP contribution in [0.25, 0.3) is 0 Å². The van der Waals surface area contributed by atoms with Crippen molar-refractivity contribution < 1.29 is 14.3 Å². The smallest absolute Gasteiger partial charge is 0.321 e. The summed E-state index contributed by atoms with van der Waals surface area (Å²) in [7, 11) is 0. The zero-order valence-corrected chi connectivity index (χ0v) is 17.3. The molecule has 150 valence electrons. The van der Waals surface area contributed by atoms with Gasteiger partial charge >= 0.3 is 6.03 Å². The van der Waals surface area contributed by atoms with Crippen LogP contribution >= 0.6 is 35.6 Å². The molecule has 0 aliphatic carbocycles. The number of nitrogens with zero attached hydrogens (tertiary/aromatic N) is 2. The first-order valence-corrected chi connectivity index (χ1v) is 9.46. The lowest BCUT2D eigenvalue weighted by atomic mass is 10.1. The lowest BCUT2D eigenvalue weighted by Gasteiger charge is -2.34. The molecule has 2 aromatic rings. The molecule has 0 radical (unpaired) electrons. The number of urea groups is 1. The van der Waals surface area contributed by atoms with E-state index in [4.69, 9.17) is 32.7 Å². The second-order valence-electron chi connectivity index (χ2n) is 6.51. The minimum Gasteiger partial charge on any atom is -0.454 e. The van der Waals surface area contributed by atoms with Crippen LogP contribution in [0.1, 0.15) is 5.56 Å². The van der Waals surface area contributed by atoms with E-state index in [9.17, 15) is 4.79 Å². The summed E-state index contributed by atoms with van der Waals surface area (Å²) in [5.74, 6) is 1.59. The van der Waals surface area contributed by atoms with Gasteiger partial charge in [0.1, 0.15) is 0 Å². The third-order valence-electron chi connectivity index (χ3n) is 4.67. The van der Waals surface area contributed by atoms with Gasteiger partial charge < -0.3 is 19.7 Å². The van der Waals surface area contributed by atoms with Crippen molar-refractivity contribution in [1.82, 2.24) is 9.80 Å². The first kappa shape index (κ1) is 20.9. The average molecular weight is 445 g/mol. The number of amides is 2. The number of hydrogen-bond donors (Lipinski definition) is 1. The number of piperazine rings is 1. The number of benzene rings is 2. The zero-order valence-electron chi connectivity index (χ0n) is 15.0. The van der Waals surface area contributed by atoms with Crippen molar-refractivity contribution in [1.29, 1.82) is 0 Å². The second-order valence-corrected chi connectivity index (χ2v) is 7.32. The van der Waals surface area contributed by atoms with E-state index in [1.54, 1.807) is 23.1 Å². The lowest BCUT2D eigenvalue weighted by Crippen LogP contribution is -2.49. The van der Waals surface area contributed by atoms with Gasteiger partial charge in [-0.2, -0.15) is 0 Å². The quantitative estimate of drug-likeness (QED) is 0.758. The minimum absolute atomic E-state index is 0. The lowest BCUT2D eigenvalue weighted by molar-refractivity contribution is 0.143. The van der Waals surface area contributed by atoms with Gasteiger partial charge in [0.15, 0.2) is 11.5 Å². The molecule has 9 heteroatoms. The van der Waals surface area contributed by atoms with E-state index in [-0.39, 0.29) is 25.2 Å². The number of hydrogen-bond acceptors (Lipinski definition) is 4. The van der Waals surface area contributed by atoms with E-state index in [1.807, 2.05) is 12.1 Å². The van der Waals surface area contributed by atoms with Gasteiger partial charge in [0.25, 0.3) is 0 Å². The molecule has 2 amide bonds. The Morgan fingerprint density at radius 3 is 2.46 bits per heavy atom. The fraction of sp³-hybridized carbons (Fsp3) is 0.316. The van der Waals surface area contributed by atoms with Gasteiger partial charge in [-0.3, -0.25) is 4.90 Å². The summed E-state index contributed by atoms with van der Waals surface area (Å²) in [4.78, 5) is 16.6. The van der Waals surface area contributed by atoms with Crippen LogP contribution < -0.4 is 14.8 Å². The number of fused-ring (bicyclic) bond motifs is 1. The molecule has 6 nitrogen and oxygen atoms in total.